The Labute approximate surface area is 193 Å². The summed E-state index contributed by atoms with van der Waals surface area (Å²) in [6, 6.07) is 16.3. The number of amidine groups is 1. The average Bonchev–Trinajstić information content (AvgIpc) is 3.17. The highest BCUT2D eigenvalue weighted by atomic mass is 32.2. The quantitative estimate of drug-likeness (QED) is 0.618. The van der Waals surface area contributed by atoms with E-state index in [4.69, 9.17) is 0 Å². The maximum Gasteiger partial charge on any atom is 0.284 e. The van der Waals surface area contributed by atoms with Crippen LogP contribution in [0.4, 0.5) is 5.69 Å². The molecule has 2 aromatic carbocycles. The second kappa shape index (κ2) is 8.26. The van der Waals surface area contributed by atoms with Crippen LogP contribution in [0.15, 0.2) is 86.6 Å². The highest BCUT2D eigenvalue weighted by Crippen LogP contribution is 2.46. The van der Waals surface area contributed by atoms with Crippen LogP contribution in [0.1, 0.15) is 26.3 Å². The maximum atomic E-state index is 13.0. The van der Waals surface area contributed by atoms with Crippen molar-refractivity contribution in [3.63, 3.8) is 0 Å². The van der Waals surface area contributed by atoms with Crippen molar-refractivity contribution < 1.29 is 13.2 Å². The molecule has 6 nitrogen and oxygen atoms in total. The summed E-state index contributed by atoms with van der Waals surface area (Å²) >= 11 is 1.09. The molecule has 1 saturated heterocycles. The van der Waals surface area contributed by atoms with Crippen molar-refractivity contribution in [3.8, 4) is 0 Å². The Balaban J connectivity index is 1.68. The van der Waals surface area contributed by atoms with Gasteiger partial charge in [0.1, 0.15) is 0 Å². The number of thioether (sulfide) groups is 1. The second-order valence-electron chi connectivity index (χ2n) is 8.10. The number of anilines is 1. The molecule has 2 aliphatic heterocycles. The van der Waals surface area contributed by atoms with E-state index in [1.165, 1.54) is 22.6 Å². The Hall–Kier alpha value is -2.84. The van der Waals surface area contributed by atoms with Gasteiger partial charge in [-0.15, -0.1) is 4.40 Å². The molecule has 0 saturated carbocycles. The Morgan fingerprint density at radius 2 is 1.69 bits per heavy atom. The van der Waals surface area contributed by atoms with E-state index in [-0.39, 0.29) is 21.4 Å². The molecule has 2 aromatic rings. The molecule has 2 aliphatic rings. The van der Waals surface area contributed by atoms with Gasteiger partial charge in [0.2, 0.25) is 0 Å². The Kier molecular flexibility index (Phi) is 5.77. The van der Waals surface area contributed by atoms with Gasteiger partial charge in [-0.3, -0.25) is 9.69 Å². The lowest BCUT2D eigenvalue weighted by Crippen LogP contribution is -2.29. The molecule has 1 amide bonds. The van der Waals surface area contributed by atoms with Crippen molar-refractivity contribution in [1.29, 1.82) is 0 Å². The molecular weight excluding hydrogens is 442 g/mol. The fourth-order valence-electron chi connectivity index (χ4n) is 4.07. The molecule has 0 unspecified atom stereocenters. The number of amides is 1. The third kappa shape index (κ3) is 3.78. The number of hydrogen-bond donors (Lipinski definition) is 0. The predicted molar refractivity (Wildman–Crippen MR) is 130 cm³/mol. The first-order valence-corrected chi connectivity index (χ1v) is 12.6. The standard InChI is InChI=1S/C24H25N3O3S2/c1-5-27-22(28)20(31-23(27)25-32(29,30)17-11-7-6-8-12-17)15-16-21-24(2,3)18-13-9-10-14-19(18)26(21)4/h6-16H,5H2,1-4H3/b20-15-,21-16+,25-23+. The number of allylic oxidation sites excluding steroid dienone is 3. The minimum atomic E-state index is -3.91. The number of rotatable bonds is 4. The number of sulfonamides is 1. The molecule has 32 heavy (non-hydrogen) atoms. The fourth-order valence-corrected chi connectivity index (χ4v) is 6.28. The SMILES string of the molecule is CCN1C(=O)/C(=C/C=C2/N(C)c3ccccc3C2(C)C)S/C1=N/S(=O)(=O)c1ccccc1. The molecular formula is C24H25N3O3S2. The van der Waals surface area contributed by atoms with Crippen LogP contribution in [-0.4, -0.2) is 38.0 Å². The van der Waals surface area contributed by atoms with Crippen molar-refractivity contribution in [3.05, 3.63) is 82.9 Å². The van der Waals surface area contributed by atoms with Gasteiger partial charge in [-0.2, -0.15) is 8.42 Å². The topological polar surface area (TPSA) is 70.1 Å². The summed E-state index contributed by atoms with van der Waals surface area (Å²) in [5.74, 6) is -0.243. The Morgan fingerprint density at radius 1 is 1.03 bits per heavy atom. The van der Waals surface area contributed by atoms with Gasteiger partial charge in [0.15, 0.2) is 5.17 Å². The summed E-state index contributed by atoms with van der Waals surface area (Å²) in [5, 5.41) is 0.174. The summed E-state index contributed by atoms with van der Waals surface area (Å²) in [7, 11) is -1.89. The smallest absolute Gasteiger partial charge is 0.284 e. The first kappa shape index (κ1) is 22.4. The lowest BCUT2D eigenvalue weighted by atomic mass is 9.84. The monoisotopic (exact) mass is 467 g/mol. The third-order valence-corrected chi connectivity index (χ3v) is 8.20. The van der Waals surface area contributed by atoms with Gasteiger partial charge in [-0.05, 0) is 54.6 Å². The van der Waals surface area contributed by atoms with Crippen LogP contribution >= 0.6 is 11.8 Å². The van der Waals surface area contributed by atoms with E-state index in [0.29, 0.717) is 11.4 Å². The van der Waals surface area contributed by atoms with E-state index in [1.54, 1.807) is 31.2 Å². The zero-order valence-corrected chi connectivity index (χ0v) is 20.1. The van der Waals surface area contributed by atoms with Crippen molar-refractivity contribution in [2.45, 2.75) is 31.1 Å². The molecule has 0 aromatic heterocycles. The van der Waals surface area contributed by atoms with Gasteiger partial charge in [-0.25, -0.2) is 0 Å². The average molecular weight is 468 g/mol. The minimum Gasteiger partial charge on any atom is -0.347 e. The number of likely N-dealkylation sites (N-methyl/N-ethyl adjacent to an activating group) is 2. The highest BCUT2D eigenvalue weighted by Gasteiger charge is 2.38. The highest BCUT2D eigenvalue weighted by molar-refractivity contribution is 8.19. The van der Waals surface area contributed by atoms with Gasteiger partial charge >= 0.3 is 0 Å². The normalized spacial score (nSPS) is 21.8. The molecule has 166 valence electrons. The van der Waals surface area contributed by atoms with Gasteiger partial charge in [0.25, 0.3) is 15.9 Å². The van der Waals surface area contributed by atoms with Crippen molar-refractivity contribution in [2.75, 3.05) is 18.5 Å². The fraction of sp³-hybridized carbons (Fsp3) is 0.250. The minimum absolute atomic E-state index is 0.100. The molecule has 4 rings (SSSR count). The number of para-hydroxylation sites is 1. The van der Waals surface area contributed by atoms with Crippen LogP contribution in [-0.2, 0) is 20.2 Å². The van der Waals surface area contributed by atoms with Crippen LogP contribution in [0, 0.1) is 0 Å². The lowest BCUT2D eigenvalue weighted by molar-refractivity contribution is -0.122. The van der Waals surface area contributed by atoms with Crippen LogP contribution in [0.3, 0.4) is 0 Å². The molecule has 0 radical (unpaired) electrons. The summed E-state index contributed by atoms with van der Waals surface area (Å²) in [5.41, 5.74) is 3.21. The molecule has 0 aliphatic carbocycles. The molecule has 0 N–H and O–H groups in total. The number of nitrogens with zero attached hydrogens (tertiary/aromatic N) is 3. The van der Waals surface area contributed by atoms with Crippen LogP contribution in [0.5, 0.6) is 0 Å². The second-order valence-corrected chi connectivity index (χ2v) is 10.7. The van der Waals surface area contributed by atoms with Gasteiger partial charge in [0, 0.05) is 30.4 Å². The number of carbonyl (C=O) groups excluding carboxylic acids is 1. The van der Waals surface area contributed by atoms with Crippen molar-refractivity contribution >= 4 is 38.5 Å². The first-order chi connectivity index (χ1) is 15.2. The van der Waals surface area contributed by atoms with Crippen molar-refractivity contribution in [2.24, 2.45) is 4.40 Å². The number of carbonyl (C=O) groups is 1. The molecule has 2 heterocycles. The van der Waals surface area contributed by atoms with Gasteiger partial charge in [-0.1, -0.05) is 50.2 Å². The summed E-state index contributed by atoms with van der Waals surface area (Å²) in [6.45, 7) is 6.44. The Bertz CT molecular complexity index is 1260. The number of benzene rings is 2. The van der Waals surface area contributed by atoms with E-state index in [1.807, 2.05) is 25.3 Å². The van der Waals surface area contributed by atoms with Crippen LogP contribution < -0.4 is 4.90 Å². The number of hydrogen-bond acceptors (Lipinski definition) is 5. The predicted octanol–water partition coefficient (Wildman–Crippen LogP) is 4.52. The molecule has 1 fully saturated rings. The van der Waals surface area contributed by atoms with E-state index >= 15 is 0 Å². The van der Waals surface area contributed by atoms with E-state index in [2.05, 4.69) is 35.3 Å². The largest absolute Gasteiger partial charge is 0.347 e. The van der Waals surface area contributed by atoms with Crippen LogP contribution in [0.2, 0.25) is 0 Å². The summed E-state index contributed by atoms with van der Waals surface area (Å²) in [4.78, 5) is 17.0. The summed E-state index contributed by atoms with van der Waals surface area (Å²) in [6.07, 6.45) is 3.72. The molecule has 0 atom stereocenters. The van der Waals surface area contributed by atoms with Gasteiger partial charge < -0.3 is 4.90 Å². The lowest BCUT2D eigenvalue weighted by Gasteiger charge is -2.23. The zero-order valence-electron chi connectivity index (χ0n) is 18.4. The zero-order chi connectivity index (χ0) is 23.1. The molecule has 0 bridgehead atoms. The van der Waals surface area contributed by atoms with E-state index < -0.39 is 10.0 Å². The summed E-state index contributed by atoms with van der Waals surface area (Å²) < 4.78 is 29.4. The first-order valence-electron chi connectivity index (χ1n) is 10.3. The molecule has 0 spiro atoms. The molecule has 8 heteroatoms. The van der Waals surface area contributed by atoms with E-state index in [0.717, 1.165) is 23.1 Å². The third-order valence-electron chi connectivity index (χ3n) is 5.78. The number of fused-ring (bicyclic) bond motifs is 1. The van der Waals surface area contributed by atoms with Gasteiger partial charge in [0.05, 0.1) is 9.80 Å². The van der Waals surface area contributed by atoms with Crippen molar-refractivity contribution in [1.82, 2.24) is 4.90 Å². The van der Waals surface area contributed by atoms with Crippen LogP contribution in [0.25, 0.3) is 0 Å². The van der Waals surface area contributed by atoms with E-state index in [9.17, 15) is 13.2 Å². The Morgan fingerprint density at radius 3 is 2.34 bits per heavy atom. The maximum absolute atomic E-state index is 13.0.